The van der Waals surface area contributed by atoms with Gasteiger partial charge in [0.2, 0.25) is 5.89 Å². The van der Waals surface area contributed by atoms with Crippen LogP contribution in [0.15, 0.2) is 40.1 Å². The fourth-order valence-electron chi connectivity index (χ4n) is 2.65. The summed E-state index contributed by atoms with van der Waals surface area (Å²) in [5, 5.41) is 19.8. The number of amides is 1. The summed E-state index contributed by atoms with van der Waals surface area (Å²) in [6.07, 6.45) is 0.699. The number of esters is 1. The maximum atomic E-state index is 12.6. The molecule has 0 atom stereocenters. The van der Waals surface area contributed by atoms with Gasteiger partial charge < -0.3 is 23.9 Å². The summed E-state index contributed by atoms with van der Waals surface area (Å²) in [4.78, 5) is 27.1. The molecule has 158 valence electrons. The number of aromatic nitrogens is 2. The number of thiophene rings is 1. The first kappa shape index (κ1) is 21.3. The van der Waals surface area contributed by atoms with Crippen LogP contribution in [0.5, 0.6) is 11.5 Å². The highest BCUT2D eigenvalue weighted by atomic mass is 32.1. The molecule has 0 bridgehead atoms. The number of hydrogen-bond acceptors (Lipinski definition) is 9. The molecule has 30 heavy (non-hydrogen) atoms. The summed E-state index contributed by atoms with van der Waals surface area (Å²) >= 11 is 1.47. The molecule has 10 heteroatoms. The molecule has 0 aliphatic carbocycles. The van der Waals surface area contributed by atoms with Crippen molar-refractivity contribution in [1.82, 2.24) is 15.1 Å². The van der Waals surface area contributed by atoms with E-state index in [0.29, 0.717) is 30.5 Å². The van der Waals surface area contributed by atoms with E-state index >= 15 is 0 Å². The third-order valence-electron chi connectivity index (χ3n) is 4.12. The van der Waals surface area contributed by atoms with Crippen LogP contribution in [0.3, 0.4) is 0 Å². The molecule has 1 N–H and O–H groups in total. The highest BCUT2D eigenvalue weighted by Gasteiger charge is 2.21. The molecule has 1 amide bonds. The van der Waals surface area contributed by atoms with E-state index in [-0.39, 0.29) is 17.9 Å². The second-order valence-corrected chi connectivity index (χ2v) is 7.20. The second kappa shape index (κ2) is 9.88. The van der Waals surface area contributed by atoms with Crippen molar-refractivity contribution >= 4 is 23.2 Å². The van der Waals surface area contributed by atoms with Gasteiger partial charge in [-0.1, -0.05) is 13.0 Å². The van der Waals surface area contributed by atoms with E-state index in [1.807, 2.05) is 24.4 Å². The average Bonchev–Trinajstić information content (AvgIpc) is 3.43. The summed E-state index contributed by atoms with van der Waals surface area (Å²) < 4.78 is 15.7. The number of aromatic hydroxyl groups is 1. The van der Waals surface area contributed by atoms with Crippen molar-refractivity contribution in [2.75, 3.05) is 20.3 Å². The third-order valence-corrected chi connectivity index (χ3v) is 4.98. The van der Waals surface area contributed by atoms with E-state index < -0.39 is 18.5 Å². The lowest BCUT2D eigenvalue weighted by atomic mass is 10.2. The van der Waals surface area contributed by atoms with Crippen LogP contribution in [-0.4, -0.2) is 52.3 Å². The van der Waals surface area contributed by atoms with Crippen molar-refractivity contribution in [1.29, 1.82) is 0 Å². The van der Waals surface area contributed by atoms with Gasteiger partial charge in [-0.15, -0.1) is 21.5 Å². The number of benzene rings is 1. The molecule has 0 aliphatic heterocycles. The van der Waals surface area contributed by atoms with Gasteiger partial charge in [0, 0.05) is 12.6 Å². The molecular weight excluding hydrogens is 410 g/mol. The van der Waals surface area contributed by atoms with E-state index in [9.17, 15) is 14.7 Å². The van der Waals surface area contributed by atoms with Crippen LogP contribution < -0.4 is 4.74 Å². The van der Waals surface area contributed by atoms with Gasteiger partial charge in [0.25, 0.3) is 11.8 Å². The van der Waals surface area contributed by atoms with Crippen LogP contribution in [-0.2, 0) is 16.1 Å². The standard InChI is InChI=1S/C20H21N3O6S/c1-3-8-23(11-17-21-22-19(29-17)16-5-4-9-30-16)18(25)12-28-20(26)14-7-6-13(27-2)10-15(14)24/h4-7,9-10,24H,3,8,11-12H2,1-2H3. The number of carbonyl (C=O) groups excluding carboxylic acids is 2. The van der Waals surface area contributed by atoms with E-state index in [1.165, 1.54) is 41.5 Å². The monoisotopic (exact) mass is 431 g/mol. The molecule has 3 rings (SSSR count). The van der Waals surface area contributed by atoms with Crippen LogP contribution in [0.4, 0.5) is 0 Å². The van der Waals surface area contributed by atoms with Gasteiger partial charge in [0.05, 0.1) is 18.5 Å². The summed E-state index contributed by atoms with van der Waals surface area (Å²) in [6.45, 7) is 1.99. The largest absolute Gasteiger partial charge is 0.507 e. The molecule has 1 aromatic carbocycles. The molecule has 2 aromatic heterocycles. The maximum absolute atomic E-state index is 12.6. The molecule has 0 aliphatic rings. The van der Waals surface area contributed by atoms with Crippen LogP contribution >= 0.6 is 11.3 Å². The Morgan fingerprint density at radius 3 is 2.77 bits per heavy atom. The number of rotatable bonds is 9. The number of phenolic OH excluding ortho intramolecular Hbond substituents is 1. The molecule has 0 saturated carbocycles. The Bertz CT molecular complexity index is 1000. The van der Waals surface area contributed by atoms with Gasteiger partial charge in [0.15, 0.2) is 6.61 Å². The SMILES string of the molecule is CCCN(Cc1nnc(-c2cccs2)o1)C(=O)COC(=O)c1ccc(OC)cc1O. The van der Waals surface area contributed by atoms with Crippen molar-refractivity contribution in [2.45, 2.75) is 19.9 Å². The topological polar surface area (TPSA) is 115 Å². The fraction of sp³-hybridized carbons (Fsp3) is 0.300. The Hall–Kier alpha value is -3.40. The zero-order valence-electron chi connectivity index (χ0n) is 16.5. The van der Waals surface area contributed by atoms with Gasteiger partial charge in [-0.25, -0.2) is 4.79 Å². The molecule has 0 spiro atoms. The van der Waals surface area contributed by atoms with E-state index in [4.69, 9.17) is 13.9 Å². The first-order chi connectivity index (χ1) is 14.5. The van der Waals surface area contributed by atoms with Gasteiger partial charge in [0.1, 0.15) is 17.1 Å². The minimum atomic E-state index is -0.808. The number of methoxy groups -OCH3 is 1. The lowest BCUT2D eigenvalue weighted by molar-refractivity contribution is -0.135. The number of carbonyl (C=O) groups is 2. The summed E-state index contributed by atoms with van der Waals surface area (Å²) in [5.41, 5.74) is -0.0527. The van der Waals surface area contributed by atoms with Crippen molar-refractivity contribution in [3.8, 4) is 22.3 Å². The Morgan fingerprint density at radius 2 is 2.10 bits per heavy atom. The van der Waals surface area contributed by atoms with E-state index in [1.54, 1.807) is 0 Å². The summed E-state index contributed by atoms with van der Waals surface area (Å²) in [6, 6.07) is 7.93. The van der Waals surface area contributed by atoms with Crippen LogP contribution in [0.2, 0.25) is 0 Å². The molecule has 0 saturated heterocycles. The minimum Gasteiger partial charge on any atom is -0.507 e. The van der Waals surface area contributed by atoms with Crippen LogP contribution in [0, 0.1) is 0 Å². The van der Waals surface area contributed by atoms with Crippen LogP contribution in [0.1, 0.15) is 29.6 Å². The van der Waals surface area contributed by atoms with Crippen molar-refractivity contribution in [3.05, 3.63) is 47.2 Å². The van der Waals surface area contributed by atoms with Crippen molar-refractivity contribution in [3.63, 3.8) is 0 Å². The highest BCUT2D eigenvalue weighted by molar-refractivity contribution is 7.13. The molecule has 0 fully saturated rings. The van der Waals surface area contributed by atoms with Gasteiger partial charge in [-0.3, -0.25) is 4.79 Å². The normalized spacial score (nSPS) is 10.6. The second-order valence-electron chi connectivity index (χ2n) is 6.25. The number of hydrogen-bond donors (Lipinski definition) is 1. The van der Waals surface area contributed by atoms with Crippen molar-refractivity contribution in [2.24, 2.45) is 0 Å². The van der Waals surface area contributed by atoms with E-state index in [2.05, 4.69) is 10.2 Å². The molecule has 0 unspecified atom stereocenters. The molecule has 0 radical (unpaired) electrons. The smallest absolute Gasteiger partial charge is 0.342 e. The van der Waals surface area contributed by atoms with Gasteiger partial charge in [-0.2, -0.15) is 0 Å². The Morgan fingerprint density at radius 1 is 1.27 bits per heavy atom. The summed E-state index contributed by atoms with van der Waals surface area (Å²) in [5.74, 6) is -0.420. The first-order valence-corrected chi connectivity index (χ1v) is 10.1. The minimum absolute atomic E-state index is 0.0527. The van der Waals surface area contributed by atoms with Gasteiger partial charge >= 0.3 is 5.97 Å². The van der Waals surface area contributed by atoms with Gasteiger partial charge in [-0.05, 0) is 30.0 Å². The predicted molar refractivity (Wildman–Crippen MR) is 108 cm³/mol. The van der Waals surface area contributed by atoms with Crippen molar-refractivity contribution < 1.29 is 28.6 Å². The van der Waals surface area contributed by atoms with E-state index in [0.717, 1.165) is 4.88 Å². The predicted octanol–water partition coefficient (Wildman–Crippen LogP) is 3.11. The molecule has 9 nitrogen and oxygen atoms in total. The Kier molecular flexibility index (Phi) is 7.02. The fourth-order valence-corrected chi connectivity index (χ4v) is 3.29. The zero-order chi connectivity index (χ0) is 21.5. The lowest BCUT2D eigenvalue weighted by Gasteiger charge is -2.20. The lowest BCUT2D eigenvalue weighted by Crippen LogP contribution is -2.35. The maximum Gasteiger partial charge on any atom is 0.342 e. The molecular formula is C20H21N3O6S. The third kappa shape index (κ3) is 5.15. The molecule has 2 heterocycles. The Labute approximate surface area is 176 Å². The summed E-state index contributed by atoms with van der Waals surface area (Å²) in [7, 11) is 1.44. The average molecular weight is 431 g/mol. The number of nitrogens with zero attached hydrogens (tertiary/aromatic N) is 3. The zero-order valence-corrected chi connectivity index (χ0v) is 17.3. The highest BCUT2D eigenvalue weighted by Crippen LogP contribution is 2.25. The Balaban J connectivity index is 1.61. The van der Waals surface area contributed by atoms with Crippen LogP contribution in [0.25, 0.3) is 10.8 Å². The number of ether oxygens (including phenoxy) is 2. The number of phenols is 1. The first-order valence-electron chi connectivity index (χ1n) is 9.20. The quantitative estimate of drug-likeness (QED) is 0.514. The molecule has 3 aromatic rings.